The van der Waals surface area contributed by atoms with Crippen LogP contribution in [-0.4, -0.2) is 18.5 Å². The smallest absolute Gasteiger partial charge is 0.263 e. The van der Waals surface area contributed by atoms with Gasteiger partial charge in [0.15, 0.2) is 0 Å². The summed E-state index contributed by atoms with van der Waals surface area (Å²) in [6.07, 6.45) is 2.75. The summed E-state index contributed by atoms with van der Waals surface area (Å²) in [6.45, 7) is 1.63. The van der Waals surface area contributed by atoms with Crippen LogP contribution in [0.25, 0.3) is 0 Å². The van der Waals surface area contributed by atoms with Crippen LogP contribution in [0.1, 0.15) is 5.56 Å². The van der Waals surface area contributed by atoms with Gasteiger partial charge in [-0.25, -0.2) is 8.42 Å². The molecule has 2 N–H and O–H groups in total. The van der Waals surface area contributed by atoms with Crippen molar-refractivity contribution in [3.8, 4) is 5.75 Å². The molecule has 0 amide bonds. The maximum Gasteiger partial charge on any atom is 0.263 e. The quantitative estimate of drug-likeness (QED) is 0.898. The molecule has 7 heteroatoms. The molecule has 0 bridgehead atoms. The zero-order valence-corrected chi connectivity index (χ0v) is 12.4. The maximum absolute atomic E-state index is 12.2. The largest absolute Gasteiger partial charge is 0.508 e. The fourth-order valence-electron chi connectivity index (χ4n) is 1.48. The van der Waals surface area contributed by atoms with E-state index in [0.29, 0.717) is 15.7 Å². The molecular formula is C12H11BrN2O3S. The number of phenols is 1. The molecule has 1 aromatic carbocycles. The Labute approximate surface area is 119 Å². The fourth-order valence-corrected chi connectivity index (χ4v) is 3.10. The summed E-state index contributed by atoms with van der Waals surface area (Å²) < 4.78 is 27.3. The number of nitrogens with one attached hydrogen (secondary N) is 1. The fraction of sp³-hybridized carbons (Fsp3) is 0.0833. The first-order valence-electron chi connectivity index (χ1n) is 5.32. The second-order valence-electron chi connectivity index (χ2n) is 3.89. The first kappa shape index (κ1) is 13.8. The molecule has 19 heavy (non-hydrogen) atoms. The van der Waals surface area contributed by atoms with E-state index >= 15 is 0 Å². The summed E-state index contributed by atoms with van der Waals surface area (Å²) in [5.41, 5.74) is 0.800. The summed E-state index contributed by atoms with van der Waals surface area (Å²) >= 11 is 3.17. The lowest BCUT2D eigenvalue weighted by Crippen LogP contribution is -2.14. The molecule has 0 aliphatic heterocycles. The lowest BCUT2D eigenvalue weighted by Gasteiger charge is -2.11. The molecule has 1 aromatic heterocycles. The molecule has 0 saturated carbocycles. The van der Waals surface area contributed by atoms with Gasteiger partial charge in [-0.1, -0.05) is 6.07 Å². The van der Waals surface area contributed by atoms with E-state index in [4.69, 9.17) is 0 Å². The van der Waals surface area contributed by atoms with E-state index in [-0.39, 0.29) is 10.6 Å². The molecule has 0 atom stereocenters. The predicted octanol–water partition coefficient (Wildman–Crippen LogP) is 2.66. The summed E-state index contributed by atoms with van der Waals surface area (Å²) in [5, 5.41) is 9.56. The van der Waals surface area contributed by atoms with E-state index in [2.05, 4.69) is 25.6 Å². The molecule has 1 heterocycles. The van der Waals surface area contributed by atoms with Crippen LogP contribution in [0.2, 0.25) is 0 Å². The lowest BCUT2D eigenvalue weighted by molar-refractivity contribution is 0.471. The van der Waals surface area contributed by atoms with Gasteiger partial charge >= 0.3 is 0 Å². The van der Waals surface area contributed by atoms with E-state index in [1.54, 1.807) is 19.1 Å². The number of anilines is 1. The minimum Gasteiger partial charge on any atom is -0.508 e. The van der Waals surface area contributed by atoms with Crippen LogP contribution < -0.4 is 4.72 Å². The molecule has 0 radical (unpaired) electrons. The van der Waals surface area contributed by atoms with E-state index in [9.17, 15) is 13.5 Å². The van der Waals surface area contributed by atoms with Crippen LogP contribution in [0.4, 0.5) is 5.69 Å². The zero-order chi connectivity index (χ0) is 14.0. The topological polar surface area (TPSA) is 79.3 Å². The Morgan fingerprint density at radius 3 is 2.74 bits per heavy atom. The van der Waals surface area contributed by atoms with Gasteiger partial charge < -0.3 is 5.11 Å². The third-order valence-corrected chi connectivity index (χ3v) is 4.31. The van der Waals surface area contributed by atoms with E-state index in [1.807, 2.05) is 0 Å². The van der Waals surface area contributed by atoms with Gasteiger partial charge in [0.25, 0.3) is 10.0 Å². The van der Waals surface area contributed by atoms with Crippen molar-refractivity contribution in [3.05, 3.63) is 46.7 Å². The molecule has 0 aliphatic carbocycles. The van der Waals surface area contributed by atoms with Crippen LogP contribution in [0.3, 0.4) is 0 Å². The Bertz CT molecular complexity index is 717. The van der Waals surface area contributed by atoms with Gasteiger partial charge in [-0.2, -0.15) is 0 Å². The van der Waals surface area contributed by atoms with Crippen molar-refractivity contribution in [1.29, 1.82) is 0 Å². The highest BCUT2D eigenvalue weighted by Crippen LogP contribution is 2.26. The molecule has 0 unspecified atom stereocenters. The van der Waals surface area contributed by atoms with E-state index in [1.165, 1.54) is 24.5 Å². The number of hydrogen-bond donors (Lipinski definition) is 2. The highest BCUT2D eigenvalue weighted by molar-refractivity contribution is 9.10. The molecule has 0 aliphatic rings. The van der Waals surface area contributed by atoms with Gasteiger partial charge in [0.2, 0.25) is 0 Å². The molecule has 0 saturated heterocycles. The van der Waals surface area contributed by atoms with Crippen molar-refractivity contribution < 1.29 is 13.5 Å². The second kappa shape index (κ2) is 5.18. The Morgan fingerprint density at radius 1 is 1.32 bits per heavy atom. The Balaban J connectivity index is 2.39. The first-order chi connectivity index (χ1) is 8.90. The average Bonchev–Trinajstić information content (AvgIpc) is 2.35. The Hall–Kier alpha value is -1.60. The predicted molar refractivity (Wildman–Crippen MR) is 75.6 cm³/mol. The van der Waals surface area contributed by atoms with Crippen molar-refractivity contribution >= 4 is 31.6 Å². The normalized spacial score (nSPS) is 11.3. The van der Waals surface area contributed by atoms with Crippen molar-refractivity contribution in [2.75, 3.05) is 4.72 Å². The van der Waals surface area contributed by atoms with Crippen LogP contribution in [0.5, 0.6) is 5.75 Å². The third kappa shape index (κ3) is 3.05. The van der Waals surface area contributed by atoms with Gasteiger partial charge in [-0.15, -0.1) is 0 Å². The number of aromatic nitrogens is 1. The number of aromatic hydroxyl groups is 1. The summed E-state index contributed by atoms with van der Waals surface area (Å²) in [4.78, 5) is 3.86. The van der Waals surface area contributed by atoms with Gasteiger partial charge in [-0.05, 0) is 41.1 Å². The van der Waals surface area contributed by atoms with Crippen LogP contribution in [0.15, 0.2) is 46.0 Å². The first-order valence-corrected chi connectivity index (χ1v) is 7.60. The number of nitrogens with zero attached hydrogens (tertiary/aromatic N) is 1. The summed E-state index contributed by atoms with van der Waals surface area (Å²) in [6, 6.07) is 6.10. The minimum atomic E-state index is -3.73. The third-order valence-electron chi connectivity index (χ3n) is 2.54. The molecule has 0 spiro atoms. The van der Waals surface area contributed by atoms with Crippen LogP contribution >= 0.6 is 15.9 Å². The zero-order valence-electron chi connectivity index (χ0n) is 9.96. The number of rotatable bonds is 3. The van der Waals surface area contributed by atoms with Crippen LogP contribution in [0, 0.1) is 6.92 Å². The van der Waals surface area contributed by atoms with Gasteiger partial charge in [-0.3, -0.25) is 9.71 Å². The van der Waals surface area contributed by atoms with Crippen molar-refractivity contribution in [1.82, 2.24) is 4.98 Å². The Kier molecular flexibility index (Phi) is 3.77. The molecule has 0 fully saturated rings. The second-order valence-corrected chi connectivity index (χ2v) is 6.49. The average molecular weight is 343 g/mol. The van der Waals surface area contributed by atoms with E-state index in [0.717, 1.165) is 0 Å². The van der Waals surface area contributed by atoms with E-state index < -0.39 is 10.0 Å². The molecular weight excluding hydrogens is 332 g/mol. The highest BCUT2D eigenvalue weighted by Gasteiger charge is 2.16. The number of hydrogen-bond acceptors (Lipinski definition) is 4. The summed E-state index contributed by atoms with van der Waals surface area (Å²) in [7, 11) is -3.73. The molecule has 5 nitrogen and oxygen atoms in total. The maximum atomic E-state index is 12.2. The number of pyridine rings is 1. The summed E-state index contributed by atoms with van der Waals surface area (Å²) in [5.74, 6) is 0.0348. The number of benzene rings is 1. The molecule has 100 valence electrons. The number of halogens is 1. The van der Waals surface area contributed by atoms with Crippen molar-refractivity contribution in [3.63, 3.8) is 0 Å². The molecule has 2 rings (SSSR count). The number of phenolic OH excluding ortho intramolecular Hbond substituents is 1. The van der Waals surface area contributed by atoms with Crippen molar-refractivity contribution in [2.45, 2.75) is 11.8 Å². The highest BCUT2D eigenvalue weighted by atomic mass is 79.9. The standard InChI is InChI=1S/C12H11BrN2O3S/c1-8-11(3-2-4-12(8)16)15-19(17,18)10-5-9(13)6-14-7-10/h2-7,15-16H,1H3. The lowest BCUT2D eigenvalue weighted by atomic mass is 10.2. The monoisotopic (exact) mass is 342 g/mol. The minimum absolute atomic E-state index is 0.0348. The van der Waals surface area contributed by atoms with Crippen LogP contribution in [-0.2, 0) is 10.0 Å². The van der Waals surface area contributed by atoms with Gasteiger partial charge in [0.1, 0.15) is 10.6 Å². The molecule has 2 aromatic rings. The van der Waals surface area contributed by atoms with Gasteiger partial charge in [0, 0.05) is 22.4 Å². The van der Waals surface area contributed by atoms with Crippen molar-refractivity contribution in [2.24, 2.45) is 0 Å². The SMILES string of the molecule is Cc1c(O)cccc1NS(=O)(=O)c1cncc(Br)c1. The Morgan fingerprint density at radius 2 is 2.05 bits per heavy atom. The number of sulfonamides is 1. The van der Waals surface area contributed by atoms with Gasteiger partial charge in [0.05, 0.1) is 5.69 Å².